The molecule has 0 saturated heterocycles. The van der Waals surface area contributed by atoms with Crippen molar-refractivity contribution in [2.24, 2.45) is 0 Å². The quantitative estimate of drug-likeness (QED) is 0.485. The number of halogens is 3. The van der Waals surface area contributed by atoms with E-state index in [1.165, 1.54) is 16.3 Å². The predicted molar refractivity (Wildman–Crippen MR) is 80.0 cm³/mol. The van der Waals surface area contributed by atoms with Gasteiger partial charge in [-0.3, -0.25) is 0 Å². The molecule has 0 aliphatic heterocycles. The molecule has 72 valence electrons. The Morgan fingerprint density at radius 3 is 2.46 bits per heavy atom. The highest BCUT2D eigenvalue weighted by atomic mass is 127. The molecule has 1 aromatic rings. The summed E-state index contributed by atoms with van der Waals surface area (Å²) in [6, 6.07) is 4.37. The lowest BCUT2D eigenvalue weighted by Crippen LogP contribution is -1.96. The molecule has 1 aromatic carbocycles. The summed E-state index contributed by atoms with van der Waals surface area (Å²) in [5.41, 5.74) is 1.35. The van der Waals surface area contributed by atoms with Crippen LogP contribution in [0, 0.1) is 10.7 Å². The van der Waals surface area contributed by atoms with E-state index in [1.807, 2.05) is 0 Å². The lowest BCUT2D eigenvalue weighted by atomic mass is 10.1. The summed E-state index contributed by atoms with van der Waals surface area (Å²) in [5, 5.41) is 8.75. The van der Waals surface area contributed by atoms with Crippen molar-refractivity contribution in [1.82, 2.24) is 0 Å². The maximum absolute atomic E-state index is 8.75. The van der Waals surface area contributed by atoms with Crippen molar-refractivity contribution < 1.29 is 5.11 Å². The Kier molecular flexibility index (Phi) is 5.80. The maximum Gasteiger partial charge on any atom is 0.0434 e. The van der Waals surface area contributed by atoms with E-state index >= 15 is 0 Å². The average molecular weight is 514 g/mol. The molecule has 0 spiro atoms. The van der Waals surface area contributed by atoms with Gasteiger partial charge in [-0.25, -0.2) is 0 Å². The van der Waals surface area contributed by atoms with Gasteiger partial charge in [-0.2, -0.15) is 0 Å². The van der Waals surface area contributed by atoms with E-state index in [4.69, 9.17) is 5.11 Å². The van der Waals surface area contributed by atoms with E-state index in [-0.39, 0.29) is 6.61 Å². The highest BCUT2D eigenvalue weighted by Gasteiger charge is 2.04. The van der Waals surface area contributed by atoms with Crippen molar-refractivity contribution in [3.8, 4) is 0 Å². The number of hydrogen-bond donors (Lipinski definition) is 1. The number of benzene rings is 1. The topological polar surface area (TPSA) is 20.2 Å². The predicted octanol–water partition coefficient (Wildman–Crippen LogP) is 3.43. The number of hydrogen-bond acceptors (Lipinski definition) is 1. The van der Waals surface area contributed by atoms with Gasteiger partial charge in [0.25, 0.3) is 0 Å². The molecule has 0 aromatic heterocycles. The van der Waals surface area contributed by atoms with Crippen LogP contribution in [0.25, 0.3) is 0 Å². The zero-order valence-corrected chi connectivity index (χ0v) is 13.3. The summed E-state index contributed by atoms with van der Waals surface area (Å²) in [6.45, 7) is 0.276. The monoisotopic (exact) mass is 514 g/mol. The highest BCUT2D eigenvalue weighted by Crippen LogP contribution is 2.23. The van der Waals surface area contributed by atoms with Gasteiger partial charge in [-0.15, -0.1) is 0 Å². The minimum Gasteiger partial charge on any atom is -0.396 e. The van der Waals surface area contributed by atoms with E-state index in [0.29, 0.717) is 0 Å². The van der Waals surface area contributed by atoms with Crippen LogP contribution in [0.5, 0.6) is 0 Å². The van der Waals surface area contributed by atoms with Crippen LogP contribution in [0.1, 0.15) is 12.0 Å². The fourth-order valence-corrected chi connectivity index (χ4v) is 3.61. The van der Waals surface area contributed by atoms with E-state index in [2.05, 4.69) is 79.9 Å². The molecule has 0 heterocycles. The number of rotatable bonds is 3. The van der Waals surface area contributed by atoms with Crippen molar-refractivity contribution >= 4 is 67.8 Å². The van der Waals surface area contributed by atoms with Crippen LogP contribution in [-0.2, 0) is 6.42 Å². The Hall–Kier alpha value is 1.37. The van der Waals surface area contributed by atoms with Crippen LogP contribution in [0.4, 0.5) is 0 Å². The molecule has 0 bridgehead atoms. The molecular weight excluding hydrogens is 505 g/mol. The fourth-order valence-electron chi connectivity index (χ4n) is 1.06. The second kappa shape index (κ2) is 6.06. The largest absolute Gasteiger partial charge is 0.396 e. The fraction of sp³-hybridized carbons (Fsp3) is 0.333. The summed E-state index contributed by atoms with van der Waals surface area (Å²) in [7, 11) is 0. The van der Waals surface area contributed by atoms with Gasteiger partial charge >= 0.3 is 0 Å². The number of aliphatic hydroxyl groups is 1. The summed E-state index contributed by atoms with van der Waals surface area (Å²) in [5.74, 6) is 0. The number of aliphatic hydroxyl groups excluding tert-OH is 1. The minimum absolute atomic E-state index is 0.276. The molecule has 0 saturated carbocycles. The van der Waals surface area contributed by atoms with Gasteiger partial charge in [-0.1, -0.05) is 0 Å². The lowest BCUT2D eigenvalue weighted by molar-refractivity contribution is 0.288. The minimum atomic E-state index is 0.276. The van der Waals surface area contributed by atoms with Gasteiger partial charge in [0.1, 0.15) is 0 Å². The van der Waals surface area contributed by atoms with Crippen LogP contribution in [0.2, 0.25) is 0 Å². The van der Waals surface area contributed by atoms with Crippen molar-refractivity contribution in [3.05, 3.63) is 28.4 Å². The SMILES string of the molecule is OCCCc1cc(I)cc(I)c1I. The first-order valence-corrected chi connectivity index (χ1v) is 7.13. The van der Waals surface area contributed by atoms with E-state index < -0.39 is 0 Å². The third kappa shape index (κ3) is 3.78. The van der Waals surface area contributed by atoms with Gasteiger partial charge in [-0.05, 0) is 98.3 Å². The number of aryl methyl sites for hydroxylation is 1. The van der Waals surface area contributed by atoms with Crippen LogP contribution in [0.3, 0.4) is 0 Å². The third-order valence-corrected chi connectivity index (χ3v) is 5.45. The lowest BCUT2D eigenvalue weighted by Gasteiger charge is -2.06. The molecule has 1 nitrogen and oxygen atoms in total. The van der Waals surface area contributed by atoms with Crippen molar-refractivity contribution in [3.63, 3.8) is 0 Å². The van der Waals surface area contributed by atoms with E-state index in [0.717, 1.165) is 12.8 Å². The zero-order valence-electron chi connectivity index (χ0n) is 6.86. The molecule has 1 rings (SSSR count). The van der Waals surface area contributed by atoms with Crippen LogP contribution in [0.15, 0.2) is 12.1 Å². The molecule has 4 heteroatoms. The first-order chi connectivity index (χ1) is 6.15. The third-order valence-electron chi connectivity index (χ3n) is 1.67. The summed E-state index contributed by atoms with van der Waals surface area (Å²) in [6.07, 6.45) is 1.83. The first-order valence-electron chi connectivity index (χ1n) is 3.89. The average Bonchev–Trinajstić information content (AvgIpc) is 2.09. The van der Waals surface area contributed by atoms with Gasteiger partial charge < -0.3 is 5.11 Å². The summed E-state index contributed by atoms with van der Waals surface area (Å²) < 4.78 is 3.90. The van der Waals surface area contributed by atoms with Gasteiger partial charge in [0, 0.05) is 17.3 Å². The molecule has 0 radical (unpaired) electrons. The van der Waals surface area contributed by atoms with Gasteiger partial charge in [0.15, 0.2) is 0 Å². The highest BCUT2D eigenvalue weighted by molar-refractivity contribution is 14.1. The van der Waals surface area contributed by atoms with Gasteiger partial charge in [0.05, 0.1) is 0 Å². The molecule has 0 aliphatic carbocycles. The molecule has 0 amide bonds. The normalized spacial score (nSPS) is 10.5. The Morgan fingerprint density at radius 2 is 1.85 bits per heavy atom. The van der Waals surface area contributed by atoms with Crippen molar-refractivity contribution in [2.45, 2.75) is 12.8 Å². The van der Waals surface area contributed by atoms with Crippen LogP contribution >= 0.6 is 67.8 Å². The second-order valence-electron chi connectivity index (χ2n) is 2.69. The van der Waals surface area contributed by atoms with Crippen molar-refractivity contribution in [2.75, 3.05) is 6.61 Å². The molecule has 0 unspecified atom stereocenters. The molecule has 13 heavy (non-hydrogen) atoms. The molecule has 0 fully saturated rings. The van der Waals surface area contributed by atoms with Crippen LogP contribution < -0.4 is 0 Å². The zero-order chi connectivity index (χ0) is 9.84. The Labute approximate surface area is 119 Å². The van der Waals surface area contributed by atoms with E-state index in [9.17, 15) is 0 Å². The summed E-state index contributed by atoms with van der Waals surface area (Å²) >= 11 is 7.05. The summed E-state index contributed by atoms with van der Waals surface area (Å²) in [4.78, 5) is 0. The Morgan fingerprint density at radius 1 is 1.15 bits per heavy atom. The molecular formula is C9H9I3O. The maximum atomic E-state index is 8.75. The smallest absolute Gasteiger partial charge is 0.0434 e. The van der Waals surface area contributed by atoms with Crippen LogP contribution in [-0.4, -0.2) is 11.7 Å². The van der Waals surface area contributed by atoms with E-state index in [1.54, 1.807) is 0 Å². The molecule has 1 N–H and O–H groups in total. The second-order valence-corrected chi connectivity index (χ2v) is 6.17. The molecule has 0 atom stereocenters. The molecule has 0 aliphatic rings. The van der Waals surface area contributed by atoms with Crippen molar-refractivity contribution in [1.29, 1.82) is 0 Å². The first kappa shape index (κ1) is 12.4. The standard InChI is InChI=1S/C9H9I3O/c10-7-4-6(2-1-3-13)9(12)8(11)5-7/h4-5,13H,1-3H2. The Balaban J connectivity index is 2.92. The van der Waals surface area contributed by atoms with Gasteiger partial charge in [0.2, 0.25) is 0 Å². The Bertz CT molecular complexity index is 299.